The number of nitrogens with zero attached hydrogens (tertiary/aromatic N) is 2. The standard InChI is InChI=1S/C22H27F2N5O2/c1-25-22(27-11-10-26-21(30)15-5-3-6-17(13-15)31-2)28-16-9-12-29(14-16)20-18(23)7-4-8-19(20)24/h3-8,13,16H,9-12,14H2,1-2H3,(H,26,30)(H2,25,27,28). The number of hydrogen-bond acceptors (Lipinski definition) is 4. The fourth-order valence-corrected chi connectivity index (χ4v) is 3.48. The molecular weight excluding hydrogens is 404 g/mol. The van der Waals surface area contributed by atoms with E-state index in [1.54, 1.807) is 43.3 Å². The van der Waals surface area contributed by atoms with Crippen LogP contribution in [0.2, 0.25) is 0 Å². The lowest BCUT2D eigenvalue weighted by molar-refractivity contribution is 0.0954. The number of carbonyl (C=O) groups is 1. The Morgan fingerprint density at radius 1 is 1.16 bits per heavy atom. The number of aliphatic imine (C=N–C) groups is 1. The zero-order valence-electron chi connectivity index (χ0n) is 17.6. The number of carbonyl (C=O) groups excluding carboxylic acids is 1. The first-order valence-corrected chi connectivity index (χ1v) is 10.1. The van der Waals surface area contributed by atoms with Crippen molar-refractivity contribution in [2.45, 2.75) is 12.5 Å². The largest absolute Gasteiger partial charge is 0.497 e. The minimum Gasteiger partial charge on any atom is -0.497 e. The van der Waals surface area contributed by atoms with E-state index in [2.05, 4.69) is 20.9 Å². The SMILES string of the molecule is CN=C(NCCNC(=O)c1cccc(OC)c1)NC1CCN(c2c(F)cccc2F)C1. The van der Waals surface area contributed by atoms with Crippen molar-refractivity contribution in [3.05, 3.63) is 59.7 Å². The first kappa shape index (κ1) is 22.3. The van der Waals surface area contributed by atoms with E-state index in [4.69, 9.17) is 4.74 Å². The number of guanidine groups is 1. The van der Waals surface area contributed by atoms with Crippen LogP contribution >= 0.6 is 0 Å². The zero-order chi connectivity index (χ0) is 22.2. The molecule has 0 aliphatic carbocycles. The quantitative estimate of drug-likeness (QED) is 0.356. The lowest BCUT2D eigenvalue weighted by Crippen LogP contribution is -2.46. The molecule has 0 radical (unpaired) electrons. The minimum atomic E-state index is -0.560. The topological polar surface area (TPSA) is 78.0 Å². The molecule has 0 spiro atoms. The average Bonchev–Trinajstić information content (AvgIpc) is 3.23. The average molecular weight is 431 g/mol. The van der Waals surface area contributed by atoms with Gasteiger partial charge in [-0.25, -0.2) is 8.78 Å². The zero-order valence-corrected chi connectivity index (χ0v) is 17.6. The summed E-state index contributed by atoms with van der Waals surface area (Å²) in [7, 11) is 3.20. The lowest BCUT2D eigenvalue weighted by atomic mass is 10.2. The number of benzene rings is 2. The number of para-hydroxylation sites is 1. The number of ether oxygens (including phenoxy) is 1. The molecule has 3 rings (SSSR count). The molecule has 1 heterocycles. The van der Waals surface area contributed by atoms with Gasteiger partial charge in [0.15, 0.2) is 5.96 Å². The molecule has 7 nitrogen and oxygen atoms in total. The minimum absolute atomic E-state index is 0.00317. The Labute approximate surface area is 180 Å². The van der Waals surface area contributed by atoms with E-state index in [0.717, 1.165) is 6.42 Å². The fourth-order valence-electron chi connectivity index (χ4n) is 3.48. The van der Waals surface area contributed by atoms with Crippen LogP contribution in [0, 0.1) is 11.6 Å². The molecule has 1 amide bonds. The van der Waals surface area contributed by atoms with Crippen LogP contribution in [0.3, 0.4) is 0 Å². The molecule has 1 aliphatic rings. The van der Waals surface area contributed by atoms with Crippen LogP contribution < -0.4 is 25.6 Å². The van der Waals surface area contributed by atoms with Gasteiger partial charge in [-0.3, -0.25) is 9.79 Å². The van der Waals surface area contributed by atoms with Crippen molar-refractivity contribution in [1.29, 1.82) is 0 Å². The molecule has 2 aromatic carbocycles. The molecule has 9 heteroatoms. The van der Waals surface area contributed by atoms with Crippen molar-refractivity contribution < 1.29 is 18.3 Å². The molecule has 1 fully saturated rings. The number of nitrogens with one attached hydrogen (secondary N) is 3. The normalized spacial score (nSPS) is 16.2. The summed E-state index contributed by atoms with van der Waals surface area (Å²) in [5.74, 6) is -0.125. The molecule has 1 saturated heterocycles. The predicted molar refractivity (Wildman–Crippen MR) is 117 cm³/mol. The number of methoxy groups -OCH3 is 1. The highest BCUT2D eigenvalue weighted by molar-refractivity contribution is 5.94. The monoisotopic (exact) mass is 431 g/mol. The highest BCUT2D eigenvalue weighted by atomic mass is 19.1. The first-order valence-electron chi connectivity index (χ1n) is 10.1. The summed E-state index contributed by atoms with van der Waals surface area (Å²) < 4.78 is 33.2. The third-order valence-electron chi connectivity index (χ3n) is 5.04. The van der Waals surface area contributed by atoms with Gasteiger partial charge in [0.05, 0.1) is 7.11 Å². The Balaban J connectivity index is 1.43. The van der Waals surface area contributed by atoms with E-state index in [1.165, 1.54) is 18.2 Å². The highest BCUT2D eigenvalue weighted by Crippen LogP contribution is 2.26. The van der Waals surface area contributed by atoms with E-state index >= 15 is 0 Å². The Bertz CT molecular complexity index is 918. The maximum absolute atomic E-state index is 14.0. The van der Waals surface area contributed by atoms with Gasteiger partial charge in [0.2, 0.25) is 0 Å². The van der Waals surface area contributed by atoms with Gasteiger partial charge in [0.25, 0.3) is 5.91 Å². The van der Waals surface area contributed by atoms with Crippen molar-refractivity contribution >= 4 is 17.6 Å². The second kappa shape index (κ2) is 10.6. The molecule has 1 aliphatic heterocycles. The Morgan fingerprint density at radius 3 is 2.58 bits per heavy atom. The second-order valence-corrected chi connectivity index (χ2v) is 7.13. The van der Waals surface area contributed by atoms with Crippen molar-refractivity contribution in [2.75, 3.05) is 45.2 Å². The molecule has 166 valence electrons. The van der Waals surface area contributed by atoms with Crippen LogP contribution in [0.25, 0.3) is 0 Å². The summed E-state index contributed by atoms with van der Waals surface area (Å²) in [5, 5.41) is 9.23. The number of anilines is 1. The van der Waals surface area contributed by atoms with E-state index in [-0.39, 0.29) is 17.6 Å². The van der Waals surface area contributed by atoms with Gasteiger partial charge in [-0.15, -0.1) is 0 Å². The fraction of sp³-hybridized carbons (Fsp3) is 0.364. The van der Waals surface area contributed by atoms with Gasteiger partial charge in [-0.1, -0.05) is 12.1 Å². The van der Waals surface area contributed by atoms with Crippen LogP contribution in [-0.2, 0) is 0 Å². The third-order valence-corrected chi connectivity index (χ3v) is 5.04. The van der Waals surface area contributed by atoms with Crippen LogP contribution in [0.4, 0.5) is 14.5 Å². The molecular formula is C22H27F2N5O2. The molecule has 0 aromatic heterocycles. The Kier molecular flexibility index (Phi) is 7.64. The maximum atomic E-state index is 14.0. The van der Waals surface area contributed by atoms with Crippen LogP contribution in [0.5, 0.6) is 5.75 Å². The van der Waals surface area contributed by atoms with E-state index < -0.39 is 11.6 Å². The van der Waals surface area contributed by atoms with Crippen molar-refractivity contribution in [1.82, 2.24) is 16.0 Å². The number of halogens is 2. The summed E-state index contributed by atoms with van der Waals surface area (Å²) in [6.07, 6.45) is 0.723. The molecule has 0 bridgehead atoms. The summed E-state index contributed by atoms with van der Waals surface area (Å²) in [6.45, 7) is 1.87. The Morgan fingerprint density at radius 2 is 1.87 bits per heavy atom. The third kappa shape index (κ3) is 5.84. The lowest BCUT2D eigenvalue weighted by Gasteiger charge is -2.21. The van der Waals surface area contributed by atoms with E-state index in [1.807, 2.05) is 0 Å². The van der Waals surface area contributed by atoms with Gasteiger partial charge in [-0.05, 0) is 36.8 Å². The maximum Gasteiger partial charge on any atom is 0.251 e. The van der Waals surface area contributed by atoms with Crippen molar-refractivity contribution in [3.8, 4) is 5.75 Å². The van der Waals surface area contributed by atoms with E-state index in [0.29, 0.717) is 43.5 Å². The van der Waals surface area contributed by atoms with Crippen LogP contribution in [-0.4, -0.2) is 58.2 Å². The van der Waals surface area contributed by atoms with Crippen molar-refractivity contribution in [3.63, 3.8) is 0 Å². The smallest absolute Gasteiger partial charge is 0.251 e. The predicted octanol–water partition coefficient (Wildman–Crippen LogP) is 2.15. The summed E-state index contributed by atoms with van der Waals surface area (Å²) in [6, 6.07) is 10.8. The highest BCUT2D eigenvalue weighted by Gasteiger charge is 2.27. The van der Waals surface area contributed by atoms with E-state index in [9.17, 15) is 13.6 Å². The summed E-state index contributed by atoms with van der Waals surface area (Å²) >= 11 is 0. The number of rotatable bonds is 7. The van der Waals surface area contributed by atoms with Crippen LogP contribution in [0.1, 0.15) is 16.8 Å². The first-order chi connectivity index (χ1) is 15.0. The van der Waals surface area contributed by atoms with Gasteiger partial charge in [0.1, 0.15) is 23.1 Å². The van der Waals surface area contributed by atoms with Gasteiger partial charge in [0, 0.05) is 44.8 Å². The second-order valence-electron chi connectivity index (χ2n) is 7.13. The summed E-state index contributed by atoms with van der Waals surface area (Å²) in [4.78, 5) is 18.1. The molecule has 31 heavy (non-hydrogen) atoms. The molecule has 1 atom stereocenters. The summed E-state index contributed by atoms with van der Waals surface area (Å²) in [5.41, 5.74) is 0.531. The van der Waals surface area contributed by atoms with Gasteiger partial charge < -0.3 is 25.6 Å². The van der Waals surface area contributed by atoms with Crippen LogP contribution in [0.15, 0.2) is 47.5 Å². The number of amides is 1. The van der Waals surface area contributed by atoms with Gasteiger partial charge in [-0.2, -0.15) is 0 Å². The number of hydrogen-bond donors (Lipinski definition) is 3. The van der Waals surface area contributed by atoms with Gasteiger partial charge >= 0.3 is 0 Å². The Hall–Kier alpha value is -3.36. The van der Waals surface area contributed by atoms with Crippen molar-refractivity contribution in [2.24, 2.45) is 4.99 Å². The molecule has 2 aromatic rings. The molecule has 1 unspecified atom stereocenters. The molecule has 0 saturated carbocycles. The molecule has 3 N–H and O–H groups in total.